The van der Waals surface area contributed by atoms with Gasteiger partial charge in [-0.05, 0) is 40.7 Å². The monoisotopic (exact) mass is 657 g/mol. The highest BCUT2D eigenvalue weighted by molar-refractivity contribution is 7.99. The second-order valence-corrected chi connectivity index (χ2v) is 12.7. The van der Waals surface area contributed by atoms with Crippen LogP contribution in [0.4, 0.5) is 0 Å². The fourth-order valence-corrected chi connectivity index (χ4v) is 6.41. The molecule has 47 heavy (non-hydrogen) atoms. The third-order valence-corrected chi connectivity index (χ3v) is 9.29. The van der Waals surface area contributed by atoms with Crippen molar-refractivity contribution < 1.29 is 24.2 Å². The highest BCUT2D eigenvalue weighted by Crippen LogP contribution is 2.40. The van der Waals surface area contributed by atoms with Gasteiger partial charge in [-0.25, -0.2) is 0 Å². The Bertz CT molecular complexity index is 1590. The van der Waals surface area contributed by atoms with Gasteiger partial charge in [0.25, 0.3) is 0 Å². The first kappa shape index (κ1) is 34.3. The quantitative estimate of drug-likeness (QED) is 0.111. The summed E-state index contributed by atoms with van der Waals surface area (Å²) in [5, 5.41) is 24.4. The van der Waals surface area contributed by atoms with Crippen LogP contribution < -0.4 is 10.6 Å². The van der Waals surface area contributed by atoms with Crippen molar-refractivity contribution >= 4 is 23.6 Å². The molecule has 0 aliphatic carbocycles. The largest absolute Gasteiger partial charge is 0.392 e. The molecule has 1 aliphatic heterocycles. The Hall–Kier alpha value is -4.03. The molecular formula is C36H43N5O5S. The predicted octanol–water partition coefficient (Wildman–Crippen LogP) is 5.62. The number of rotatable bonds is 15. The molecule has 3 aromatic carbocycles. The van der Waals surface area contributed by atoms with Crippen molar-refractivity contribution in [3.63, 3.8) is 0 Å². The minimum absolute atomic E-state index is 0.00151. The number of hydrogen-bond donors (Lipinski definition) is 3. The second kappa shape index (κ2) is 17.2. The maximum absolute atomic E-state index is 12.5. The third-order valence-electron chi connectivity index (χ3n) is 8.12. The highest BCUT2D eigenvalue weighted by Gasteiger charge is 2.32. The van der Waals surface area contributed by atoms with E-state index in [1.807, 2.05) is 66.2 Å². The molecule has 0 saturated carbocycles. The van der Waals surface area contributed by atoms with Gasteiger partial charge in [-0.2, -0.15) is 0 Å². The van der Waals surface area contributed by atoms with Gasteiger partial charge in [-0.1, -0.05) is 91.0 Å². The summed E-state index contributed by atoms with van der Waals surface area (Å²) in [6.07, 6.45) is 4.57. The molecule has 0 bridgehead atoms. The molecule has 1 fully saturated rings. The van der Waals surface area contributed by atoms with Crippen LogP contribution in [-0.4, -0.2) is 50.1 Å². The van der Waals surface area contributed by atoms with E-state index in [0.29, 0.717) is 31.7 Å². The third kappa shape index (κ3) is 9.98. The predicted molar refractivity (Wildman–Crippen MR) is 181 cm³/mol. The van der Waals surface area contributed by atoms with Crippen LogP contribution in [-0.2, 0) is 39.3 Å². The SMILES string of the molecule is CC(=O)NCCCCCC(=O)NCc1ccccc1-c1ccc([C@@H]2O[C@H](CSc3nncn3C)C[C@H](c3ccc(CO)cc3)O2)cc1. The molecule has 3 atom stereocenters. The summed E-state index contributed by atoms with van der Waals surface area (Å²) >= 11 is 1.61. The minimum atomic E-state index is -0.557. The van der Waals surface area contributed by atoms with Crippen LogP contribution in [0, 0.1) is 0 Å². The first-order valence-electron chi connectivity index (χ1n) is 16.1. The van der Waals surface area contributed by atoms with E-state index < -0.39 is 6.29 Å². The van der Waals surface area contributed by atoms with Gasteiger partial charge in [0.15, 0.2) is 11.4 Å². The first-order chi connectivity index (χ1) is 22.9. The summed E-state index contributed by atoms with van der Waals surface area (Å²) in [5.74, 6) is 0.695. The number of amides is 2. The number of aromatic nitrogens is 3. The van der Waals surface area contributed by atoms with E-state index in [2.05, 4.69) is 39.0 Å². The van der Waals surface area contributed by atoms with Crippen LogP contribution in [0.15, 0.2) is 84.3 Å². The van der Waals surface area contributed by atoms with Gasteiger partial charge < -0.3 is 29.8 Å². The second-order valence-electron chi connectivity index (χ2n) is 11.7. The Labute approximate surface area is 280 Å². The van der Waals surface area contributed by atoms with Crippen molar-refractivity contribution in [2.45, 2.75) is 75.8 Å². The van der Waals surface area contributed by atoms with Crippen LogP contribution in [0.5, 0.6) is 0 Å². The Morgan fingerprint density at radius 1 is 0.957 bits per heavy atom. The van der Waals surface area contributed by atoms with Crippen LogP contribution in [0.2, 0.25) is 0 Å². The van der Waals surface area contributed by atoms with E-state index in [1.54, 1.807) is 18.1 Å². The number of aryl methyl sites for hydroxylation is 1. The molecule has 10 nitrogen and oxygen atoms in total. The molecule has 248 valence electrons. The average Bonchev–Trinajstić information content (AvgIpc) is 3.52. The number of aliphatic hydroxyl groups excluding tert-OH is 1. The van der Waals surface area contributed by atoms with E-state index >= 15 is 0 Å². The van der Waals surface area contributed by atoms with E-state index in [-0.39, 0.29) is 30.6 Å². The molecule has 0 radical (unpaired) electrons. The van der Waals surface area contributed by atoms with E-state index in [0.717, 1.165) is 57.8 Å². The molecule has 11 heteroatoms. The molecule has 0 spiro atoms. The van der Waals surface area contributed by atoms with Crippen LogP contribution in [0.1, 0.15) is 73.7 Å². The van der Waals surface area contributed by atoms with Crippen LogP contribution in [0.25, 0.3) is 11.1 Å². The Morgan fingerprint density at radius 2 is 1.72 bits per heavy atom. The summed E-state index contributed by atoms with van der Waals surface area (Å²) in [6.45, 7) is 2.60. The molecule has 1 aromatic heterocycles. The summed E-state index contributed by atoms with van der Waals surface area (Å²) < 4.78 is 14.9. The smallest absolute Gasteiger partial charge is 0.220 e. The van der Waals surface area contributed by atoms with E-state index in [9.17, 15) is 14.7 Å². The number of aliphatic hydroxyl groups is 1. The number of hydrogen-bond acceptors (Lipinski definition) is 8. The van der Waals surface area contributed by atoms with Crippen molar-refractivity contribution in [3.8, 4) is 11.1 Å². The number of unbranched alkanes of at least 4 members (excludes halogenated alkanes) is 2. The van der Waals surface area contributed by atoms with Gasteiger partial charge in [0, 0.05) is 51.2 Å². The molecule has 1 aliphatic rings. The number of ether oxygens (including phenoxy) is 2. The number of nitrogens with one attached hydrogen (secondary N) is 2. The molecule has 3 N–H and O–H groups in total. The lowest BCUT2D eigenvalue weighted by atomic mass is 9.97. The molecule has 0 unspecified atom stereocenters. The van der Waals surface area contributed by atoms with Crippen molar-refractivity contribution in [1.82, 2.24) is 25.4 Å². The van der Waals surface area contributed by atoms with E-state index in [4.69, 9.17) is 9.47 Å². The Kier molecular flexibility index (Phi) is 12.6. The van der Waals surface area contributed by atoms with Crippen LogP contribution in [0.3, 0.4) is 0 Å². The van der Waals surface area contributed by atoms with E-state index in [1.165, 1.54) is 6.92 Å². The van der Waals surface area contributed by atoms with Crippen molar-refractivity contribution in [2.24, 2.45) is 7.05 Å². The standard InChI is InChI=1S/C36H43N5O5S/c1-25(43)37-19-7-3-4-10-34(44)38-21-30-8-5-6-9-32(30)27-15-17-29(18-16-27)35-45-31(23-47-36-40-39-24-41(36)2)20-33(46-35)28-13-11-26(22-42)12-14-28/h5-6,8-9,11-18,24,31,33,35,42H,3-4,7,10,19-23H2,1-2H3,(H,37,43)(H,38,44)/t31-,33+,35+/m0/s1. The summed E-state index contributed by atoms with van der Waals surface area (Å²) in [6, 6.07) is 24.2. The zero-order chi connectivity index (χ0) is 33.0. The summed E-state index contributed by atoms with van der Waals surface area (Å²) in [4.78, 5) is 23.5. The Morgan fingerprint density at radius 3 is 2.45 bits per heavy atom. The normalized spacial score (nSPS) is 17.7. The van der Waals surface area contributed by atoms with Crippen molar-refractivity contribution in [3.05, 3.63) is 101 Å². The average molecular weight is 658 g/mol. The molecule has 1 saturated heterocycles. The topological polar surface area (TPSA) is 128 Å². The van der Waals surface area contributed by atoms with Gasteiger partial charge in [0.2, 0.25) is 11.8 Å². The minimum Gasteiger partial charge on any atom is -0.392 e. The molecular weight excluding hydrogens is 614 g/mol. The molecule has 5 rings (SSSR count). The maximum atomic E-state index is 12.5. The fourth-order valence-electron chi connectivity index (χ4n) is 5.50. The fraction of sp³-hybridized carbons (Fsp3) is 0.389. The number of carbonyl (C=O) groups is 2. The number of benzene rings is 3. The van der Waals surface area contributed by atoms with Gasteiger partial charge in [-0.15, -0.1) is 10.2 Å². The van der Waals surface area contributed by atoms with Crippen molar-refractivity contribution in [1.29, 1.82) is 0 Å². The molecule has 2 amide bonds. The van der Waals surface area contributed by atoms with Gasteiger partial charge in [0.05, 0.1) is 18.8 Å². The summed E-state index contributed by atoms with van der Waals surface area (Å²) in [5.41, 5.74) is 5.96. The molecule has 4 aromatic rings. The van der Waals surface area contributed by atoms with Gasteiger partial charge in [-0.3, -0.25) is 9.59 Å². The number of nitrogens with zero attached hydrogens (tertiary/aromatic N) is 3. The first-order valence-corrected chi connectivity index (χ1v) is 17.0. The number of carbonyl (C=O) groups excluding carboxylic acids is 2. The zero-order valence-electron chi connectivity index (χ0n) is 26.9. The Balaban J connectivity index is 1.23. The van der Waals surface area contributed by atoms with Gasteiger partial charge >= 0.3 is 0 Å². The highest BCUT2D eigenvalue weighted by atomic mass is 32.2. The zero-order valence-corrected chi connectivity index (χ0v) is 27.7. The maximum Gasteiger partial charge on any atom is 0.220 e. The van der Waals surface area contributed by atoms with Crippen molar-refractivity contribution in [2.75, 3.05) is 12.3 Å². The summed E-state index contributed by atoms with van der Waals surface area (Å²) in [7, 11) is 1.93. The lowest BCUT2D eigenvalue weighted by Crippen LogP contribution is -2.31. The van der Waals surface area contributed by atoms with Crippen LogP contribution >= 0.6 is 11.8 Å². The number of thioether (sulfide) groups is 1. The molecule has 2 heterocycles. The lowest BCUT2D eigenvalue weighted by molar-refractivity contribution is -0.245. The van der Waals surface area contributed by atoms with Gasteiger partial charge in [0.1, 0.15) is 6.33 Å². The lowest BCUT2D eigenvalue weighted by Gasteiger charge is -2.36.